The molecule has 0 saturated carbocycles. The van der Waals surface area contributed by atoms with E-state index in [4.69, 9.17) is 0 Å². The van der Waals surface area contributed by atoms with E-state index in [9.17, 15) is 5.11 Å². The molecule has 1 aliphatic rings. The first-order valence-corrected chi connectivity index (χ1v) is 8.04. The molecule has 1 fully saturated rings. The Morgan fingerprint density at radius 1 is 0.810 bits per heavy atom. The third-order valence-electron chi connectivity index (χ3n) is 4.44. The molecule has 1 aliphatic heterocycles. The summed E-state index contributed by atoms with van der Waals surface area (Å²) in [5.41, 5.74) is 3.48. The molecule has 2 aromatic carbocycles. The zero-order valence-electron chi connectivity index (χ0n) is 12.5. The van der Waals surface area contributed by atoms with Crippen LogP contribution in [-0.2, 0) is 6.54 Å². The van der Waals surface area contributed by atoms with Crippen LogP contribution in [-0.4, -0.2) is 18.2 Å². The number of nitrogens with one attached hydrogen (secondary N) is 1. The minimum atomic E-state index is 0.437. The van der Waals surface area contributed by atoms with Gasteiger partial charge in [-0.15, -0.1) is 0 Å². The summed E-state index contributed by atoms with van der Waals surface area (Å²) < 4.78 is 0. The number of quaternary nitrogens is 1. The largest absolute Gasteiger partial charge is 0.507 e. The minimum Gasteiger partial charge on any atom is -0.507 e. The molecule has 2 aromatic rings. The SMILES string of the molecule is Oc1ccc(-c2ccccc2)cc1C[NH+]1CCCCCC1. The van der Waals surface area contributed by atoms with E-state index in [0.29, 0.717) is 5.75 Å². The van der Waals surface area contributed by atoms with Gasteiger partial charge in [0.1, 0.15) is 12.3 Å². The van der Waals surface area contributed by atoms with Crippen LogP contribution in [0.15, 0.2) is 48.5 Å². The molecule has 0 aromatic heterocycles. The van der Waals surface area contributed by atoms with Gasteiger partial charge in [0.25, 0.3) is 0 Å². The molecule has 2 N–H and O–H groups in total. The molecule has 1 heterocycles. The smallest absolute Gasteiger partial charge is 0.124 e. The average Bonchev–Trinajstić information content (AvgIpc) is 2.79. The van der Waals surface area contributed by atoms with E-state index in [1.54, 1.807) is 4.90 Å². The number of aromatic hydroxyl groups is 1. The van der Waals surface area contributed by atoms with Crippen molar-refractivity contribution in [2.24, 2.45) is 0 Å². The van der Waals surface area contributed by atoms with Crippen LogP contribution in [0.1, 0.15) is 31.2 Å². The monoisotopic (exact) mass is 282 g/mol. The molecule has 110 valence electrons. The van der Waals surface area contributed by atoms with Crippen LogP contribution in [0.3, 0.4) is 0 Å². The Kier molecular flexibility index (Phi) is 4.56. The van der Waals surface area contributed by atoms with Crippen molar-refractivity contribution in [1.29, 1.82) is 0 Å². The minimum absolute atomic E-state index is 0.437. The maximum Gasteiger partial charge on any atom is 0.124 e. The molecule has 21 heavy (non-hydrogen) atoms. The summed E-state index contributed by atoms with van der Waals surface area (Å²) >= 11 is 0. The highest BCUT2D eigenvalue weighted by molar-refractivity contribution is 5.65. The lowest BCUT2D eigenvalue weighted by Crippen LogP contribution is -3.10. The summed E-state index contributed by atoms with van der Waals surface area (Å²) in [5, 5.41) is 10.2. The van der Waals surface area contributed by atoms with Gasteiger partial charge >= 0.3 is 0 Å². The summed E-state index contributed by atoms with van der Waals surface area (Å²) in [6.45, 7) is 3.40. The third-order valence-corrected chi connectivity index (χ3v) is 4.44. The summed E-state index contributed by atoms with van der Waals surface area (Å²) in [4.78, 5) is 1.60. The van der Waals surface area contributed by atoms with Gasteiger partial charge in [-0.1, -0.05) is 36.4 Å². The lowest BCUT2D eigenvalue weighted by Gasteiger charge is -2.18. The van der Waals surface area contributed by atoms with Crippen LogP contribution >= 0.6 is 0 Å². The van der Waals surface area contributed by atoms with Crippen molar-refractivity contribution in [3.05, 3.63) is 54.1 Å². The third kappa shape index (κ3) is 3.64. The van der Waals surface area contributed by atoms with Crippen molar-refractivity contribution < 1.29 is 10.0 Å². The van der Waals surface area contributed by atoms with Gasteiger partial charge in [0.05, 0.1) is 13.1 Å². The zero-order valence-corrected chi connectivity index (χ0v) is 12.5. The first-order valence-electron chi connectivity index (χ1n) is 8.04. The van der Waals surface area contributed by atoms with Crippen molar-refractivity contribution in [3.63, 3.8) is 0 Å². The maximum atomic E-state index is 10.2. The molecule has 0 atom stereocenters. The van der Waals surface area contributed by atoms with Gasteiger partial charge in [-0.25, -0.2) is 0 Å². The Morgan fingerprint density at radius 2 is 1.52 bits per heavy atom. The van der Waals surface area contributed by atoms with Crippen molar-refractivity contribution >= 4 is 0 Å². The number of phenolic OH excluding ortho intramolecular Hbond substituents is 1. The number of benzene rings is 2. The maximum absolute atomic E-state index is 10.2. The lowest BCUT2D eigenvalue weighted by atomic mass is 10.0. The van der Waals surface area contributed by atoms with Crippen molar-refractivity contribution in [1.82, 2.24) is 0 Å². The fourth-order valence-electron chi connectivity index (χ4n) is 3.21. The second-order valence-corrected chi connectivity index (χ2v) is 6.05. The molecule has 0 unspecified atom stereocenters. The zero-order chi connectivity index (χ0) is 14.5. The summed E-state index contributed by atoms with van der Waals surface area (Å²) in [7, 11) is 0. The summed E-state index contributed by atoms with van der Waals surface area (Å²) in [6.07, 6.45) is 5.35. The summed E-state index contributed by atoms with van der Waals surface area (Å²) in [5.74, 6) is 0.437. The fourth-order valence-corrected chi connectivity index (χ4v) is 3.21. The van der Waals surface area contributed by atoms with Crippen LogP contribution in [0.5, 0.6) is 5.75 Å². The van der Waals surface area contributed by atoms with Crippen LogP contribution in [0, 0.1) is 0 Å². The molecule has 0 amide bonds. The highest BCUT2D eigenvalue weighted by atomic mass is 16.3. The van der Waals surface area contributed by atoms with Gasteiger partial charge in [0.15, 0.2) is 0 Å². The predicted octanol–water partition coefficient (Wildman–Crippen LogP) is 3.02. The highest BCUT2D eigenvalue weighted by Crippen LogP contribution is 2.25. The van der Waals surface area contributed by atoms with Gasteiger partial charge in [-0.3, -0.25) is 0 Å². The Hall–Kier alpha value is -1.80. The fraction of sp³-hybridized carbons (Fsp3) is 0.368. The molecule has 0 bridgehead atoms. The van der Waals surface area contributed by atoms with E-state index >= 15 is 0 Å². The lowest BCUT2D eigenvalue weighted by molar-refractivity contribution is -0.913. The molecular formula is C19H24NO+. The standard InChI is InChI=1S/C19H23NO/c21-19-11-10-17(16-8-4-3-5-9-16)14-18(19)15-20-12-6-1-2-7-13-20/h3-5,8-11,14,21H,1-2,6-7,12-13,15H2/p+1. The molecule has 2 nitrogen and oxygen atoms in total. The van der Waals surface area contributed by atoms with Crippen LogP contribution < -0.4 is 4.90 Å². The Bertz CT molecular complexity index is 571. The van der Waals surface area contributed by atoms with Crippen LogP contribution in [0.4, 0.5) is 0 Å². The van der Waals surface area contributed by atoms with E-state index in [2.05, 4.69) is 30.3 Å². The molecule has 2 heteroatoms. The molecule has 1 saturated heterocycles. The molecule has 3 rings (SSSR count). The number of likely N-dealkylation sites (tertiary alicyclic amines) is 1. The number of phenols is 1. The van der Waals surface area contributed by atoms with E-state index < -0.39 is 0 Å². The predicted molar refractivity (Wildman–Crippen MR) is 86.4 cm³/mol. The van der Waals surface area contributed by atoms with Gasteiger partial charge in [-0.2, -0.15) is 0 Å². The highest BCUT2D eigenvalue weighted by Gasteiger charge is 2.15. The van der Waals surface area contributed by atoms with E-state index in [1.807, 2.05) is 18.2 Å². The van der Waals surface area contributed by atoms with Crippen LogP contribution in [0.25, 0.3) is 11.1 Å². The molecular weight excluding hydrogens is 258 g/mol. The second-order valence-electron chi connectivity index (χ2n) is 6.05. The van der Waals surface area contributed by atoms with Gasteiger partial charge in [0, 0.05) is 5.56 Å². The van der Waals surface area contributed by atoms with Crippen molar-refractivity contribution in [3.8, 4) is 16.9 Å². The average molecular weight is 282 g/mol. The van der Waals surface area contributed by atoms with E-state index in [-0.39, 0.29) is 0 Å². The quantitative estimate of drug-likeness (QED) is 0.888. The van der Waals surface area contributed by atoms with Crippen LogP contribution in [0.2, 0.25) is 0 Å². The summed E-state index contributed by atoms with van der Waals surface area (Å²) in [6, 6.07) is 16.4. The first-order chi connectivity index (χ1) is 10.3. The Labute approximate surface area is 127 Å². The number of hydrogen-bond donors (Lipinski definition) is 2. The van der Waals surface area contributed by atoms with Gasteiger partial charge < -0.3 is 10.0 Å². The number of hydrogen-bond acceptors (Lipinski definition) is 1. The van der Waals surface area contributed by atoms with Crippen molar-refractivity contribution in [2.45, 2.75) is 32.2 Å². The van der Waals surface area contributed by atoms with E-state index in [1.165, 1.54) is 49.9 Å². The number of rotatable bonds is 3. The van der Waals surface area contributed by atoms with Crippen molar-refractivity contribution in [2.75, 3.05) is 13.1 Å². The van der Waals surface area contributed by atoms with E-state index in [0.717, 1.165) is 12.1 Å². The Morgan fingerprint density at radius 3 is 2.24 bits per heavy atom. The van der Waals surface area contributed by atoms with Gasteiger partial charge in [0.2, 0.25) is 0 Å². The Balaban J connectivity index is 1.81. The van der Waals surface area contributed by atoms with Gasteiger partial charge in [-0.05, 0) is 48.9 Å². The molecule has 0 aliphatic carbocycles. The topological polar surface area (TPSA) is 24.7 Å². The molecule has 0 spiro atoms. The first kappa shape index (κ1) is 14.2. The molecule has 0 radical (unpaired) electrons. The second kappa shape index (κ2) is 6.77. The normalized spacial score (nSPS) is 16.6.